The molecule has 0 fully saturated rings. The van der Waals surface area contributed by atoms with Crippen molar-refractivity contribution >= 4 is 52.1 Å². The minimum absolute atomic E-state index is 0.552. The molecule has 0 amide bonds. The summed E-state index contributed by atoms with van der Waals surface area (Å²) in [5.41, 5.74) is 1.75. The molecule has 2 aromatic rings. The quantitative estimate of drug-likeness (QED) is 0.741. The van der Waals surface area contributed by atoms with Gasteiger partial charge in [0.2, 0.25) is 0 Å². The van der Waals surface area contributed by atoms with Crippen molar-refractivity contribution in [1.82, 2.24) is 0 Å². The zero-order chi connectivity index (χ0) is 13.1. The van der Waals surface area contributed by atoms with Gasteiger partial charge in [-0.2, -0.15) is 0 Å². The Morgan fingerprint density at radius 3 is 2.11 bits per heavy atom. The van der Waals surface area contributed by atoms with Crippen molar-refractivity contribution in [3.8, 4) is 0 Å². The number of nitrogens with one attached hydrogen (secondary N) is 1. The molecule has 0 aliphatic heterocycles. The molecule has 0 saturated heterocycles. The van der Waals surface area contributed by atoms with Crippen molar-refractivity contribution in [1.29, 1.82) is 0 Å². The van der Waals surface area contributed by atoms with E-state index in [1.807, 2.05) is 6.07 Å². The summed E-state index contributed by atoms with van der Waals surface area (Å²) in [4.78, 5) is 0. The van der Waals surface area contributed by atoms with Crippen LogP contribution < -0.4 is 5.32 Å². The molecule has 94 valence electrons. The molecule has 0 aliphatic carbocycles. The first kappa shape index (κ1) is 13.8. The number of hydrogen-bond acceptors (Lipinski definition) is 1. The van der Waals surface area contributed by atoms with Crippen molar-refractivity contribution in [3.63, 3.8) is 0 Å². The van der Waals surface area contributed by atoms with Crippen LogP contribution in [0.5, 0.6) is 0 Å². The van der Waals surface area contributed by atoms with Gasteiger partial charge in [0, 0.05) is 32.3 Å². The molecule has 0 bridgehead atoms. The van der Waals surface area contributed by atoms with Gasteiger partial charge >= 0.3 is 0 Å². The van der Waals surface area contributed by atoms with Gasteiger partial charge < -0.3 is 5.32 Å². The largest absolute Gasteiger partial charge is 0.381 e. The van der Waals surface area contributed by atoms with Crippen LogP contribution in [0.25, 0.3) is 0 Å². The SMILES string of the molecule is Clc1cc(Cl)cc(NCc2cc(Cl)ccc2Cl)c1. The second-order valence-corrected chi connectivity index (χ2v) is 5.46. The fourth-order valence-corrected chi connectivity index (χ4v) is 2.44. The van der Waals surface area contributed by atoms with Gasteiger partial charge in [-0.25, -0.2) is 0 Å². The van der Waals surface area contributed by atoms with Gasteiger partial charge in [0.1, 0.15) is 0 Å². The van der Waals surface area contributed by atoms with Crippen LogP contribution in [0.2, 0.25) is 20.1 Å². The molecule has 1 nitrogen and oxygen atoms in total. The Balaban J connectivity index is 2.13. The molecule has 0 aliphatic rings. The lowest BCUT2D eigenvalue weighted by atomic mass is 10.2. The molecule has 0 spiro atoms. The number of rotatable bonds is 3. The van der Waals surface area contributed by atoms with Crippen LogP contribution in [-0.4, -0.2) is 0 Å². The molecular weight excluding hydrogens is 312 g/mol. The monoisotopic (exact) mass is 319 g/mol. The van der Waals surface area contributed by atoms with Crippen LogP contribution in [-0.2, 0) is 6.54 Å². The minimum Gasteiger partial charge on any atom is -0.381 e. The van der Waals surface area contributed by atoms with Crippen molar-refractivity contribution in [2.75, 3.05) is 5.32 Å². The van der Waals surface area contributed by atoms with Gasteiger partial charge in [0.25, 0.3) is 0 Å². The molecule has 0 unspecified atom stereocenters. The highest BCUT2D eigenvalue weighted by molar-refractivity contribution is 6.35. The van der Waals surface area contributed by atoms with Gasteiger partial charge in [0.15, 0.2) is 0 Å². The summed E-state index contributed by atoms with van der Waals surface area (Å²) in [6, 6.07) is 10.6. The van der Waals surface area contributed by atoms with Crippen molar-refractivity contribution in [2.45, 2.75) is 6.54 Å². The van der Waals surface area contributed by atoms with Crippen LogP contribution in [0.15, 0.2) is 36.4 Å². The first-order valence-electron chi connectivity index (χ1n) is 5.18. The lowest BCUT2D eigenvalue weighted by Crippen LogP contribution is -2.00. The first-order chi connectivity index (χ1) is 8.54. The maximum Gasteiger partial charge on any atom is 0.0456 e. The van der Waals surface area contributed by atoms with E-state index in [0.717, 1.165) is 11.3 Å². The standard InChI is InChI=1S/C13H9Cl4N/c14-9-1-2-13(17)8(3-9)7-18-12-5-10(15)4-11(16)6-12/h1-6,18H,7H2. The van der Waals surface area contributed by atoms with E-state index in [-0.39, 0.29) is 0 Å². The summed E-state index contributed by atoms with van der Waals surface area (Å²) < 4.78 is 0. The Morgan fingerprint density at radius 1 is 0.778 bits per heavy atom. The summed E-state index contributed by atoms with van der Waals surface area (Å²) in [7, 11) is 0. The average Bonchev–Trinajstić information content (AvgIpc) is 2.29. The predicted octanol–water partition coefficient (Wildman–Crippen LogP) is 5.91. The highest BCUT2D eigenvalue weighted by Crippen LogP contribution is 2.25. The van der Waals surface area contributed by atoms with E-state index in [1.165, 1.54) is 0 Å². The Hall–Kier alpha value is -0.600. The molecule has 1 N–H and O–H groups in total. The Morgan fingerprint density at radius 2 is 1.44 bits per heavy atom. The third-order valence-corrected chi connectivity index (χ3v) is 3.39. The number of anilines is 1. The number of halogens is 4. The van der Waals surface area contributed by atoms with E-state index >= 15 is 0 Å². The van der Waals surface area contributed by atoms with E-state index in [4.69, 9.17) is 46.4 Å². The zero-order valence-corrected chi connectivity index (χ0v) is 12.2. The number of hydrogen-bond donors (Lipinski definition) is 1. The van der Waals surface area contributed by atoms with Crippen LogP contribution >= 0.6 is 46.4 Å². The van der Waals surface area contributed by atoms with Gasteiger partial charge in [-0.3, -0.25) is 0 Å². The molecule has 2 rings (SSSR count). The molecule has 0 aromatic heterocycles. The summed E-state index contributed by atoms with van der Waals surface area (Å²) in [5, 5.41) is 5.69. The van der Waals surface area contributed by atoms with Crippen molar-refractivity contribution < 1.29 is 0 Å². The van der Waals surface area contributed by atoms with Gasteiger partial charge in [0.05, 0.1) is 0 Å². The summed E-state index contributed by atoms with van der Waals surface area (Å²) in [6.45, 7) is 0.552. The first-order valence-corrected chi connectivity index (χ1v) is 6.69. The van der Waals surface area contributed by atoms with E-state index in [2.05, 4.69) is 5.32 Å². The molecule has 5 heteroatoms. The highest BCUT2D eigenvalue weighted by Gasteiger charge is 2.03. The van der Waals surface area contributed by atoms with E-state index in [1.54, 1.807) is 30.3 Å². The Bertz CT molecular complexity index is 549. The predicted molar refractivity (Wildman–Crippen MR) is 80.3 cm³/mol. The molecule has 0 atom stereocenters. The topological polar surface area (TPSA) is 12.0 Å². The van der Waals surface area contributed by atoms with E-state index < -0.39 is 0 Å². The van der Waals surface area contributed by atoms with E-state index in [9.17, 15) is 0 Å². The second kappa shape index (κ2) is 6.03. The molecule has 0 radical (unpaired) electrons. The van der Waals surface area contributed by atoms with Crippen LogP contribution in [0, 0.1) is 0 Å². The van der Waals surface area contributed by atoms with Crippen LogP contribution in [0.3, 0.4) is 0 Å². The second-order valence-electron chi connectivity index (χ2n) is 3.75. The molecular formula is C13H9Cl4N. The van der Waals surface area contributed by atoms with Gasteiger partial charge in [-0.05, 0) is 42.0 Å². The minimum atomic E-state index is 0.552. The Labute approximate surface area is 126 Å². The highest BCUT2D eigenvalue weighted by atomic mass is 35.5. The van der Waals surface area contributed by atoms with Crippen LogP contribution in [0.1, 0.15) is 5.56 Å². The molecule has 2 aromatic carbocycles. The lowest BCUT2D eigenvalue weighted by molar-refractivity contribution is 1.15. The summed E-state index contributed by atoms with van der Waals surface area (Å²) >= 11 is 23.8. The van der Waals surface area contributed by atoms with Gasteiger partial charge in [-0.1, -0.05) is 46.4 Å². The van der Waals surface area contributed by atoms with Crippen LogP contribution in [0.4, 0.5) is 5.69 Å². The fraction of sp³-hybridized carbons (Fsp3) is 0.0769. The molecule has 0 saturated carbocycles. The fourth-order valence-electron chi connectivity index (χ4n) is 1.53. The zero-order valence-electron chi connectivity index (χ0n) is 9.18. The van der Waals surface area contributed by atoms with E-state index in [0.29, 0.717) is 26.6 Å². The lowest BCUT2D eigenvalue weighted by Gasteiger charge is -2.09. The molecule has 0 heterocycles. The maximum absolute atomic E-state index is 6.07. The Kier molecular flexibility index (Phi) is 4.63. The summed E-state index contributed by atoms with van der Waals surface area (Å²) in [6.07, 6.45) is 0. The summed E-state index contributed by atoms with van der Waals surface area (Å²) in [5.74, 6) is 0. The number of benzene rings is 2. The maximum atomic E-state index is 6.07. The van der Waals surface area contributed by atoms with Crippen molar-refractivity contribution in [3.05, 3.63) is 62.1 Å². The van der Waals surface area contributed by atoms with Crippen molar-refractivity contribution in [2.24, 2.45) is 0 Å². The van der Waals surface area contributed by atoms with Gasteiger partial charge in [-0.15, -0.1) is 0 Å². The molecule has 18 heavy (non-hydrogen) atoms. The normalized spacial score (nSPS) is 10.4. The third kappa shape index (κ3) is 3.69. The smallest absolute Gasteiger partial charge is 0.0456 e. The average molecular weight is 321 g/mol. The third-order valence-electron chi connectivity index (χ3n) is 2.35.